The Kier molecular flexibility index (Phi) is 5.49. The molecular formula is C24H20O4S. The number of aldehydes is 1. The molecule has 0 bridgehead atoms. The Morgan fingerprint density at radius 3 is 2.41 bits per heavy atom. The molecule has 3 aromatic carbocycles. The van der Waals surface area contributed by atoms with Crippen LogP contribution in [0.4, 0.5) is 0 Å². The molecule has 4 rings (SSSR count). The van der Waals surface area contributed by atoms with Gasteiger partial charge < -0.3 is 19.4 Å². The molecule has 0 spiro atoms. The summed E-state index contributed by atoms with van der Waals surface area (Å²) in [4.78, 5) is 11.4. The van der Waals surface area contributed by atoms with Gasteiger partial charge in [-0.1, -0.05) is 29.8 Å². The molecule has 0 aliphatic heterocycles. The van der Waals surface area contributed by atoms with Gasteiger partial charge in [-0.15, -0.1) is 11.3 Å². The zero-order valence-corrected chi connectivity index (χ0v) is 16.7. The molecule has 0 saturated carbocycles. The summed E-state index contributed by atoms with van der Waals surface area (Å²) in [6, 6.07) is 21.0. The molecule has 146 valence electrons. The molecule has 0 radical (unpaired) electrons. The predicted octanol–water partition coefficient (Wildman–Crippen LogP) is 6.34. The first-order valence-corrected chi connectivity index (χ1v) is 10.1. The van der Waals surface area contributed by atoms with Crippen molar-refractivity contribution in [2.24, 2.45) is 0 Å². The first-order chi connectivity index (χ1) is 14.1. The van der Waals surface area contributed by atoms with Crippen molar-refractivity contribution in [2.45, 2.75) is 13.3 Å². The van der Waals surface area contributed by atoms with Gasteiger partial charge in [0.1, 0.15) is 23.5 Å². The minimum Gasteiger partial charge on any atom is -0.508 e. The van der Waals surface area contributed by atoms with E-state index >= 15 is 0 Å². The van der Waals surface area contributed by atoms with Gasteiger partial charge >= 0.3 is 0 Å². The normalized spacial score (nSPS) is 10.8. The molecule has 0 aliphatic rings. The third kappa shape index (κ3) is 4.25. The fourth-order valence-electron chi connectivity index (χ4n) is 3.00. The van der Waals surface area contributed by atoms with Gasteiger partial charge in [-0.2, -0.15) is 0 Å². The van der Waals surface area contributed by atoms with Crippen molar-refractivity contribution in [2.75, 3.05) is 6.61 Å². The average molecular weight is 404 g/mol. The van der Waals surface area contributed by atoms with E-state index in [2.05, 4.69) is 31.2 Å². The number of hydrogen-bond acceptors (Lipinski definition) is 5. The summed E-state index contributed by atoms with van der Waals surface area (Å²) >= 11 is 1.59. The Morgan fingerprint density at radius 1 is 0.966 bits per heavy atom. The van der Waals surface area contributed by atoms with E-state index in [9.17, 15) is 9.90 Å². The van der Waals surface area contributed by atoms with Gasteiger partial charge in [-0.25, -0.2) is 0 Å². The Balaban J connectivity index is 1.69. The van der Waals surface area contributed by atoms with E-state index in [-0.39, 0.29) is 5.75 Å². The lowest BCUT2D eigenvalue weighted by Gasteiger charge is -2.10. The molecule has 1 N–H and O–H groups in total. The number of fused-ring (bicyclic) bond motifs is 1. The molecule has 0 saturated heterocycles. The highest BCUT2D eigenvalue weighted by Crippen LogP contribution is 2.47. The zero-order chi connectivity index (χ0) is 20.2. The average Bonchev–Trinajstić information content (AvgIpc) is 3.07. The highest BCUT2D eigenvalue weighted by molar-refractivity contribution is 7.22. The molecule has 4 aromatic rings. The number of thiophene rings is 1. The van der Waals surface area contributed by atoms with Crippen molar-refractivity contribution in [1.82, 2.24) is 0 Å². The highest BCUT2D eigenvalue weighted by Gasteiger charge is 2.17. The third-order valence-electron chi connectivity index (χ3n) is 4.49. The summed E-state index contributed by atoms with van der Waals surface area (Å²) in [6.07, 6.45) is 1.20. The second-order valence-corrected chi connectivity index (χ2v) is 7.74. The van der Waals surface area contributed by atoms with Crippen LogP contribution in [0.1, 0.15) is 12.0 Å². The van der Waals surface area contributed by atoms with Crippen LogP contribution in [0.2, 0.25) is 0 Å². The lowest BCUT2D eigenvalue weighted by atomic mass is 10.1. The second-order valence-electron chi connectivity index (χ2n) is 6.68. The molecule has 0 fully saturated rings. The third-order valence-corrected chi connectivity index (χ3v) is 5.67. The van der Waals surface area contributed by atoms with E-state index in [1.54, 1.807) is 23.5 Å². The molecule has 0 amide bonds. The van der Waals surface area contributed by atoms with Crippen LogP contribution in [0, 0.1) is 6.92 Å². The topological polar surface area (TPSA) is 55.8 Å². The number of carbonyl (C=O) groups excluding carboxylic acids is 1. The first-order valence-electron chi connectivity index (χ1n) is 9.31. The van der Waals surface area contributed by atoms with Gasteiger partial charge in [-0.05, 0) is 55.0 Å². The number of aryl methyl sites for hydroxylation is 1. The van der Waals surface area contributed by atoms with Gasteiger partial charge in [0, 0.05) is 16.5 Å². The van der Waals surface area contributed by atoms with Crippen molar-refractivity contribution in [1.29, 1.82) is 0 Å². The molecule has 29 heavy (non-hydrogen) atoms. The van der Waals surface area contributed by atoms with Crippen molar-refractivity contribution < 1.29 is 19.4 Å². The molecule has 4 nitrogen and oxygen atoms in total. The summed E-state index contributed by atoms with van der Waals surface area (Å²) in [7, 11) is 0. The van der Waals surface area contributed by atoms with Crippen LogP contribution in [-0.4, -0.2) is 18.0 Å². The van der Waals surface area contributed by atoms with Gasteiger partial charge in [0.15, 0.2) is 5.75 Å². The van der Waals surface area contributed by atoms with Crippen LogP contribution in [-0.2, 0) is 4.79 Å². The van der Waals surface area contributed by atoms with Crippen molar-refractivity contribution >= 4 is 27.7 Å². The Morgan fingerprint density at radius 2 is 1.69 bits per heavy atom. The molecule has 0 atom stereocenters. The van der Waals surface area contributed by atoms with E-state index in [0.717, 1.165) is 32.6 Å². The standard InChI is InChI=1S/C24H20O4S/c1-16-3-5-17(6-4-16)24-23(21-12-7-18(26)15-22(21)29-24)28-20-10-8-19(9-11-20)27-14-2-13-25/h3-13,15,26H,2,14H2,1H3. The van der Waals surface area contributed by atoms with Crippen LogP contribution < -0.4 is 9.47 Å². The number of rotatable bonds is 7. The monoisotopic (exact) mass is 404 g/mol. The zero-order valence-electron chi connectivity index (χ0n) is 15.9. The Bertz CT molecular complexity index is 1130. The van der Waals surface area contributed by atoms with Crippen molar-refractivity contribution in [3.05, 3.63) is 72.3 Å². The van der Waals surface area contributed by atoms with Crippen LogP contribution in [0.25, 0.3) is 20.5 Å². The molecule has 0 aliphatic carbocycles. The second kappa shape index (κ2) is 8.37. The maximum absolute atomic E-state index is 10.4. The van der Waals surface area contributed by atoms with Gasteiger partial charge in [0.2, 0.25) is 0 Å². The number of phenols is 1. The molecule has 5 heteroatoms. The van der Waals surface area contributed by atoms with Crippen molar-refractivity contribution in [3.8, 4) is 33.4 Å². The Labute approximate surface area is 173 Å². The largest absolute Gasteiger partial charge is 0.508 e. The summed E-state index contributed by atoms with van der Waals surface area (Å²) in [6.45, 7) is 2.42. The summed E-state index contributed by atoms with van der Waals surface area (Å²) in [5.41, 5.74) is 2.26. The number of aromatic hydroxyl groups is 1. The molecule has 1 aromatic heterocycles. The summed E-state index contributed by atoms with van der Waals surface area (Å²) in [5, 5.41) is 10.8. The van der Waals surface area contributed by atoms with E-state index < -0.39 is 0 Å². The van der Waals surface area contributed by atoms with Crippen molar-refractivity contribution in [3.63, 3.8) is 0 Å². The lowest BCUT2D eigenvalue weighted by Crippen LogP contribution is -1.97. The fraction of sp³-hybridized carbons (Fsp3) is 0.125. The molecule has 0 unspecified atom stereocenters. The number of hydrogen-bond donors (Lipinski definition) is 1. The quantitative estimate of drug-likeness (QED) is 0.288. The first kappa shape index (κ1) is 19.0. The summed E-state index contributed by atoms with van der Waals surface area (Å²) in [5.74, 6) is 2.38. The van der Waals surface area contributed by atoms with E-state index in [1.165, 1.54) is 5.56 Å². The SMILES string of the molecule is Cc1ccc(-c2sc3cc(O)ccc3c2Oc2ccc(OCCC=O)cc2)cc1. The molecule has 1 heterocycles. The molecular weight excluding hydrogens is 384 g/mol. The number of phenolic OH excluding ortho intramolecular Hbond substituents is 1. The predicted molar refractivity (Wildman–Crippen MR) is 116 cm³/mol. The van der Waals surface area contributed by atoms with E-state index in [0.29, 0.717) is 24.5 Å². The maximum Gasteiger partial charge on any atom is 0.153 e. The van der Waals surface area contributed by atoms with Crippen LogP contribution in [0.15, 0.2) is 66.7 Å². The maximum atomic E-state index is 10.4. The van der Waals surface area contributed by atoms with Gasteiger partial charge in [0.25, 0.3) is 0 Å². The van der Waals surface area contributed by atoms with E-state index in [1.807, 2.05) is 30.3 Å². The summed E-state index contributed by atoms with van der Waals surface area (Å²) < 4.78 is 12.8. The van der Waals surface area contributed by atoms with Gasteiger partial charge in [-0.3, -0.25) is 0 Å². The Hall–Kier alpha value is -3.31. The lowest BCUT2D eigenvalue weighted by molar-refractivity contribution is -0.108. The highest BCUT2D eigenvalue weighted by atomic mass is 32.1. The van der Waals surface area contributed by atoms with Crippen LogP contribution in [0.5, 0.6) is 23.0 Å². The number of carbonyl (C=O) groups is 1. The van der Waals surface area contributed by atoms with Gasteiger partial charge in [0.05, 0.1) is 11.5 Å². The fourth-order valence-corrected chi connectivity index (χ4v) is 4.17. The van der Waals surface area contributed by atoms with Crippen LogP contribution >= 0.6 is 11.3 Å². The van der Waals surface area contributed by atoms with Crippen LogP contribution in [0.3, 0.4) is 0 Å². The minimum absolute atomic E-state index is 0.234. The van der Waals surface area contributed by atoms with E-state index in [4.69, 9.17) is 9.47 Å². The minimum atomic E-state index is 0.234. The smallest absolute Gasteiger partial charge is 0.153 e. The number of ether oxygens (including phenoxy) is 2. The number of benzene rings is 3.